The zero-order valence-corrected chi connectivity index (χ0v) is 26.6. The fraction of sp³-hybridized carbons (Fsp3) is 0.429. The summed E-state index contributed by atoms with van der Waals surface area (Å²) in [5.41, 5.74) is 4.80. The minimum Gasteiger partial charge on any atom is -0.470 e. The van der Waals surface area contributed by atoms with Crippen molar-refractivity contribution >= 4 is 40.4 Å². The molecular weight excluding hydrogens is 564 g/mol. The van der Waals surface area contributed by atoms with Gasteiger partial charge in [0.1, 0.15) is 17.4 Å². The van der Waals surface area contributed by atoms with Crippen LogP contribution in [0.25, 0.3) is 11.1 Å². The van der Waals surface area contributed by atoms with Crippen LogP contribution in [0.15, 0.2) is 52.9 Å². The SMILES string of the molecule is CCOC(=O)[C@@]12Oc3c(cc(Cl)cc3Nc3nc4cc(C(C)(C)C)cc(C(C)(C)C)c4o3)C[C@@H]1Cc1ccccc1[C@@H]2O. The summed E-state index contributed by atoms with van der Waals surface area (Å²) in [4.78, 5) is 18.5. The quantitative estimate of drug-likeness (QED) is 0.229. The maximum absolute atomic E-state index is 13.7. The van der Waals surface area contributed by atoms with Gasteiger partial charge in [0.15, 0.2) is 5.58 Å². The Morgan fingerprint density at radius 2 is 1.79 bits per heavy atom. The summed E-state index contributed by atoms with van der Waals surface area (Å²) in [6.07, 6.45) is -0.198. The van der Waals surface area contributed by atoms with Gasteiger partial charge >= 0.3 is 5.97 Å². The van der Waals surface area contributed by atoms with Crippen LogP contribution in [0.3, 0.4) is 0 Å². The fourth-order valence-electron chi connectivity index (χ4n) is 6.43. The number of hydrogen-bond donors (Lipinski definition) is 2. The van der Waals surface area contributed by atoms with E-state index in [4.69, 9.17) is 30.5 Å². The lowest BCUT2D eigenvalue weighted by atomic mass is 9.67. The van der Waals surface area contributed by atoms with E-state index in [1.807, 2.05) is 30.3 Å². The molecule has 0 amide bonds. The second kappa shape index (κ2) is 10.3. The molecule has 3 aromatic carbocycles. The number of aliphatic hydroxyl groups is 1. The Morgan fingerprint density at radius 1 is 1.07 bits per heavy atom. The number of carbonyl (C=O) groups excluding carboxylic acids is 1. The molecule has 2 N–H and O–H groups in total. The van der Waals surface area contributed by atoms with Crippen molar-refractivity contribution in [1.82, 2.24) is 4.98 Å². The molecule has 1 aromatic heterocycles. The van der Waals surface area contributed by atoms with Crippen LogP contribution < -0.4 is 10.1 Å². The number of halogens is 1. The summed E-state index contributed by atoms with van der Waals surface area (Å²) in [6, 6.07) is 15.7. The van der Waals surface area contributed by atoms with E-state index in [1.165, 1.54) is 5.56 Å². The first-order valence-corrected chi connectivity index (χ1v) is 15.3. The summed E-state index contributed by atoms with van der Waals surface area (Å²) in [5, 5.41) is 15.6. The van der Waals surface area contributed by atoms with Crippen LogP contribution in [0.5, 0.6) is 5.75 Å². The standard InChI is InChI=1S/C35H39ClN2O5/c1-8-41-31(40)35-22(13-19-11-9-10-12-24(19)30(35)39)14-20-15-23(36)18-27(28(20)43-35)38-32-37-26-17-21(33(2,3)4)16-25(29(26)42-32)34(5,6)7/h9-12,15-18,22,30,39H,8,13-14H2,1-7H3,(H,37,38)/t22-,30-,35+/m0/s1. The van der Waals surface area contributed by atoms with E-state index in [1.54, 1.807) is 13.0 Å². The van der Waals surface area contributed by atoms with Crippen LogP contribution >= 0.6 is 11.6 Å². The Morgan fingerprint density at radius 3 is 2.49 bits per heavy atom. The van der Waals surface area contributed by atoms with Crippen molar-refractivity contribution in [3.63, 3.8) is 0 Å². The molecule has 6 rings (SSSR count). The minimum atomic E-state index is -1.62. The molecule has 0 bridgehead atoms. The summed E-state index contributed by atoms with van der Waals surface area (Å²) in [7, 11) is 0. The largest absolute Gasteiger partial charge is 0.470 e. The maximum atomic E-state index is 13.7. The summed E-state index contributed by atoms with van der Waals surface area (Å²) < 4.78 is 18.6. The minimum absolute atomic E-state index is 0.0714. The zero-order valence-electron chi connectivity index (χ0n) is 25.8. The number of hydrogen-bond acceptors (Lipinski definition) is 7. The van der Waals surface area contributed by atoms with Crippen molar-refractivity contribution in [2.45, 2.75) is 83.8 Å². The highest BCUT2D eigenvalue weighted by molar-refractivity contribution is 6.31. The molecule has 226 valence electrons. The number of aromatic nitrogens is 1. The van der Waals surface area contributed by atoms with Crippen LogP contribution in [0.4, 0.5) is 11.7 Å². The summed E-state index contributed by atoms with van der Waals surface area (Å²) in [5.74, 6) is -0.523. The van der Waals surface area contributed by atoms with Gasteiger partial charge < -0.3 is 24.3 Å². The highest BCUT2D eigenvalue weighted by Gasteiger charge is 2.60. The number of fused-ring (bicyclic) bond motifs is 4. The average molecular weight is 603 g/mol. The third-order valence-electron chi connectivity index (χ3n) is 8.70. The van der Waals surface area contributed by atoms with Crippen molar-refractivity contribution in [1.29, 1.82) is 0 Å². The normalized spacial score (nSPS) is 21.4. The smallest absolute Gasteiger partial charge is 0.353 e. The number of rotatable bonds is 4. The third-order valence-corrected chi connectivity index (χ3v) is 8.91. The van der Waals surface area contributed by atoms with Gasteiger partial charge in [0.05, 0.1) is 12.3 Å². The Kier molecular flexibility index (Phi) is 7.05. The zero-order chi connectivity index (χ0) is 30.9. The number of benzene rings is 3. The molecule has 0 spiro atoms. The number of nitrogens with one attached hydrogen (secondary N) is 1. The first-order valence-electron chi connectivity index (χ1n) is 14.9. The number of oxazole rings is 1. The average Bonchev–Trinajstić information content (AvgIpc) is 3.33. The van der Waals surface area contributed by atoms with Crippen molar-refractivity contribution in [2.75, 3.05) is 11.9 Å². The monoisotopic (exact) mass is 602 g/mol. The number of aliphatic hydroxyl groups excluding tert-OH is 1. The molecule has 0 saturated carbocycles. The second-order valence-corrected chi connectivity index (χ2v) is 14.2. The molecule has 4 aromatic rings. The molecule has 8 heteroatoms. The van der Waals surface area contributed by atoms with Crippen LogP contribution in [0.2, 0.25) is 5.02 Å². The van der Waals surface area contributed by atoms with Crippen molar-refractivity contribution in [2.24, 2.45) is 5.92 Å². The first-order chi connectivity index (χ1) is 20.2. The Balaban J connectivity index is 1.46. The number of ether oxygens (including phenoxy) is 2. The predicted molar refractivity (Wildman–Crippen MR) is 168 cm³/mol. The van der Waals surface area contributed by atoms with Gasteiger partial charge in [-0.2, -0.15) is 4.98 Å². The lowest BCUT2D eigenvalue weighted by molar-refractivity contribution is -0.187. The third kappa shape index (κ3) is 4.96. The molecule has 3 atom stereocenters. The summed E-state index contributed by atoms with van der Waals surface area (Å²) in [6.45, 7) is 14.9. The number of esters is 1. The molecule has 0 unspecified atom stereocenters. The molecule has 1 aliphatic heterocycles. The fourth-order valence-corrected chi connectivity index (χ4v) is 6.67. The molecule has 7 nitrogen and oxygen atoms in total. The van der Waals surface area contributed by atoms with Gasteiger partial charge in [-0.1, -0.05) is 83.5 Å². The van der Waals surface area contributed by atoms with Gasteiger partial charge in [-0.05, 0) is 71.0 Å². The number of carbonyl (C=O) groups is 1. The first kappa shape index (κ1) is 29.5. The van der Waals surface area contributed by atoms with E-state index in [9.17, 15) is 9.90 Å². The van der Waals surface area contributed by atoms with E-state index in [0.717, 1.165) is 22.2 Å². The molecule has 43 heavy (non-hydrogen) atoms. The molecule has 2 heterocycles. The van der Waals surface area contributed by atoms with Crippen LogP contribution in [0, 0.1) is 5.92 Å². The van der Waals surface area contributed by atoms with Crippen molar-refractivity contribution < 1.29 is 23.8 Å². The van der Waals surface area contributed by atoms with E-state index >= 15 is 0 Å². The molecule has 2 aliphatic rings. The molecular formula is C35H39ClN2O5. The van der Waals surface area contributed by atoms with Gasteiger partial charge in [-0.25, -0.2) is 4.79 Å². The molecule has 0 fully saturated rings. The number of nitrogens with zero attached hydrogens (tertiary/aromatic N) is 1. The topological polar surface area (TPSA) is 93.8 Å². The van der Waals surface area contributed by atoms with Gasteiger partial charge in [0.2, 0.25) is 5.60 Å². The highest BCUT2D eigenvalue weighted by Crippen LogP contribution is 2.53. The van der Waals surface area contributed by atoms with Gasteiger partial charge in [-0.3, -0.25) is 0 Å². The summed E-state index contributed by atoms with van der Waals surface area (Å²) >= 11 is 6.63. The lowest BCUT2D eigenvalue weighted by Gasteiger charge is -2.48. The van der Waals surface area contributed by atoms with Crippen molar-refractivity contribution in [3.05, 3.63) is 81.4 Å². The van der Waals surface area contributed by atoms with E-state index in [-0.39, 0.29) is 29.4 Å². The van der Waals surface area contributed by atoms with Gasteiger partial charge in [0, 0.05) is 16.5 Å². The molecule has 0 saturated heterocycles. The Labute approximate surface area is 257 Å². The highest BCUT2D eigenvalue weighted by atomic mass is 35.5. The predicted octanol–water partition coefficient (Wildman–Crippen LogP) is 7.96. The van der Waals surface area contributed by atoms with E-state index in [2.05, 4.69) is 59.0 Å². The lowest BCUT2D eigenvalue weighted by Crippen LogP contribution is -2.61. The van der Waals surface area contributed by atoms with E-state index < -0.39 is 17.7 Å². The maximum Gasteiger partial charge on any atom is 0.353 e. The van der Waals surface area contributed by atoms with Crippen LogP contribution in [0.1, 0.15) is 82.4 Å². The van der Waals surface area contributed by atoms with Crippen molar-refractivity contribution in [3.8, 4) is 5.75 Å². The van der Waals surface area contributed by atoms with E-state index in [0.29, 0.717) is 40.4 Å². The molecule has 0 radical (unpaired) electrons. The van der Waals surface area contributed by atoms with Gasteiger partial charge in [0.25, 0.3) is 6.01 Å². The van der Waals surface area contributed by atoms with Crippen LogP contribution in [-0.2, 0) is 33.2 Å². The Bertz CT molecular complexity index is 1730. The van der Waals surface area contributed by atoms with Crippen LogP contribution in [-0.4, -0.2) is 28.3 Å². The number of anilines is 2. The second-order valence-electron chi connectivity index (χ2n) is 13.8. The molecule has 1 aliphatic carbocycles. The Hall–Kier alpha value is -3.55. The van der Waals surface area contributed by atoms with Gasteiger partial charge in [-0.15, -0.1) is 0 Å².